The van der Waals surface area contributed by atoms with Gasteiger partial charge in [-0.05, 0) is 29.4 Å². The van der Waals surface area contributed by atoms with Gasteiger partial charge >= 0.3 is 0 Å². The second-order valence-corrected chi connectivity index (χ2v) is 9.72. The summed E-state index contributed by atoms with van der Waals surface area (Å²) < 4.78 is 17.4. The maximum atomic E-state index is 6.48. The molecule has 38 heavy (non-hydrogen) atoms. The molecule has 0 aliphatic carbocycles. The molecule has 4 N–H and O–H groups in total. The first-order valence-corrected chi connectivity index (χ1v) is 13.3. The van der Waals surface area contributed by atoms with Gasteiger partial charge in [-0.25, -0.2) is 15.0 Å². The third-order valence-electron chi connectivity index (χ3n) is 6.88. The summed E-state index contributed by atoms with van der Waals surface area (Å²) in [6, 6.07) is 12.9. The molecule has 202 valence electrons. The van der Waals surface area contributed by atoms with Crippen LogP contribution in [-0.2, 0) is 16.0 Å². The van der Waals surface area contributed by atoms with Gasteiger partial charge < -0.3 is 35.1 Å². The molecule has 2 aromatic carbocycles. The molecule has 4 aromatic rings. The van der Waals surface area contributed by atoms with Crippen molar-refractivity contribution in [1.29, 1.82) is 0 Å². The highest BCUT2D eigenvalue weighted by atomic mass is 16.5. The largest absolute Gasteiger partial charge is 0.491 e. The number of ether oxygens (including phenoxy) is 3. The molecule has 3 heterocycles. The van der Waals surface area contributed by atoms with Crippen molar-refractivity contribution >= 4 is 27.8 Å². The summed E-state index contributed by atoms with van der Waals surface area (Å²) in [5.41, 5.74) is 8.21. The summed E-state index contributed by atoms with van der Waals surface area (Å²) in [4.78, 5) is 18.7. The topological polar surface area (TPSA) is 123 Å². The van der Waals surface area contributed by atoms with Crippen LogP contribution in [0.3, 0.4) is 0 Å². The molecule has 2 unspecified atom stereocenters. The van der Waals surface area contributed by atoms with Gasteiger partial charge in [0.1, 0.15) is 24.2 Å². The van der Waals surface area contributed by atoms with Crippen LogP contribution in [0.1, 0.15) is 18.9 Å². The third-order valence-corrected chi connectivity index (χ3v) is 6.88. The van der Waals surface area contributed by atoms with E-state index in [2.05, 4.69) is 73.5 Å². The van der Waals surface area contributed by atoms with Crippen molar-refractivity contribution in [3.63, 3.8) is 0 Å². The van der Waals surface area contributed by atoms with Crippen molar-refractivity contribution in [2.24, 2.45) is 11.7 Å². The molecule has 2 atom stereocenters. The Kier molecular flexibility index (Phi) is 8.98. The molecule has 1 aliphatic heterocycles. The van der Waals surface area contributed by atoms with Crippen LogP contribution in [0.4, 0.5) is 5.82 Å². The molecule has 0 amide bonds. The second kappa shape index (κ2) is 13.0. The molecule has 1 fully saturated rings. The number of rotatable bonds is 14. The molecule has 2 aromatic heterocycles. The van der Waals surface area contributed by atoms with Gasteiger partial charge in [0, 0.05) is 31.6 Å². The lowest BCUT2D eigenvalue weighted by atomic mass is 10.0. The van der Waals surface area contributed by atoms with Crippen molar-refractivity contribution in [2.75, 3.05) is 57.6 Å². The summed E-state index contributed by atoms with van der Waals surface area (Å²) in [5.74, 6) is 2.34. The predicted octanol–water partition coefficient (Wildman–Crippen LogP) is 2.88. The van der Waals surface area contributed by atoms with Crippen molar-refractivity contribution in [3.8, 4) is 5.75 Å². The standard InChI is InChI=1S/C28H37N7O3/c1-20-14-22(35(16-20)28-26-27(32-18-31-26)33-19-34-28)17-38-25-7-6-21(23-4-2-3-5-24(23)25)15-30-9-11-37-13-12-36-10-8-29/h2-7,18-20,22,30H,8-17,29H2,1H3,(H,31,32,33,34). The highest BCUT2D eigenvalue weighted by Crippen LogP contribution is 2.33. The number of nitrogens with one attached hydrogen (secondary N) is 2. The Morgan fingerprint density at radius 1 is 1.03 bits per heavy atom. The molecule has 0 bridgehead atoms. The summed E-state index contributed by atoms with van der Waals surface area (Å²) in [6.07, 6.45) is 4.30. The van der Waals surface area contributed by atoms with Gasteiger partial charge in [-0.3, -0.25) is 0 Å². The maximum absolute atomic E-state index is 6.48. The van der Waals surface area contributed by atoms with E-state index in [1.54, 1.807) is 12.7 Å². The molecule has 0 spiro atoms. The molecule has 5 rings (SSSR count). The first-order valence-electron chi connectivity index (χ1n) is 13.3. The van der Waals surface area contributed by atoms with E-state index >= 15 is 0 Å². The van der Waals surface area contributed by atoms with E-state index in [0.29, 0.717) is 51.1 Å². The van der Waals surface area contributed by atoms with Crippen LogP contribution in [0.5, 0.6) is 5.75 Å². The average Bonchev–Trinajstić information content (AvgIpc) is 3.57. The summed E-state index contributed by atoms with van der Waals surface area (Å²) in [5, 5.41) is 5.80. The number of hydrogen-bond donors (Lipinski definition) is 3. The number of aromatic amines is 1. The number of imidazole rings is 1. The number of hydrogen-bond acceptors (Lipinski definition) is 9. The molecule has 1 saturated heterocycles. The van der Waals surface area contributed by atoms with E-state index < -0.39 is 0 Å². The Balaban J connectivity index is 1.20. The van der Waals surface area contributed by atoms with Gasteiger partial charge in [0.05, 0.1) is 38.8 Å². The fourth-order valence-corrected chi connectivity index (χ4v) is 5.11. The lowest BCUT2D eigenvalue weighted by Crippen LogP contribution is -2.35. The average molecular weight is 520 g/mol. The smallest absolute Gasteiger partial charge is 0.182 e. The van der Waals surface area contributed by atoms with Gasteiger partial charge in [-0.1, -0.05) is 37.3 Å². The second-order valence-electron chi connectivity index (χ2n) is 9.72. The van der Waals surface area contributed by atoms with E-state index in [1.807, 2.05) is 0 Å². The number of benzene rings is 2. The fourth-order valence-electron chi connectivity index (χ4n) is 5.11. The van der Waals surface area contributed by atoms with Crippen LogP contribution in [-0.4, -0.2) is 78.6 Å². The monoisotopic (exact) mass is 519 g/mol. The van der Waals surface area contributed by atoms with Gasteiger partial charge in [0.25, 0.3) is 0 Å². The Morgan fingerprint density at radius 2 is 1.87 bits per heavy atom. The SMILES string of the molecule is CC1CC(COc2ccc(CNCCOCCOCCN)c3ccccc23)N(c2ncnc3nc[nH]c23)C1. The number of anilines is 1. The normalized spacial score (nSPS) is 17.6. The minimum absolute atomic E-state index is 0.215. The quantitative estimate of drug-likeness (QED) is 0.216. The minimum atomic E-state index is 0.215. The van der Waals surface area contributed by atoms with Gasteiger partial charge in [-0.2, -0.15) is 0 Å². The molecular weight excluding hydrogens is 482 g/mol. The minimum Gasteiger partial charge on any atom is -0.491 e. The first kappa shape index (κ1) is 26.3. The number of aromatic nitrogens is 4. The lowest BCUT2D eigenvalue weighted by molar-refractivity contribution is 0.0518. The van der Waals surface area contributed by atoms with Crippen LogP contribution in [0.25, 0.3) is 21.9 Å². The fraction of sp³-hybridized carbons (Fsp3) is 0.464. The molecule has 10 nitrogen and oxygen atoms in total. The van der Waals surface area contributed by atoms with Crippen LogP contribution >= 0.6 is 0 Å². The summed E-state index contributed by atoms with van der Waals surface area (Å²) in [7, 11) is 0. The molecule has 10 heteroatoms. The highest BCUT2D eigenvalue weighted by molar-refractivity contribution is 5.91. The van der Waals surface area contributed by atoms with Gasteiger partial charge in [-0.15, -0.1) is 0 Å². The molecular formula is C28H37N7O3. The highest BCUT2D eigenvalue weighted by Gasteiger charge is 2.32. The van der Waals surface area contributed by atoms with Crippen molar-refractivity contribution in [1.82, 2.24) is 25.3 Å². The van der Waals surface area contributed by atoms with E-state index in [0.717, 1.165) is 48.5 Å². The van der Waals surface area contributed by atoms with Crippen LogP contribution in [0.15, 0.2) is 49.1 Å². The van der Waals surface area contributed by atoms with Crippen molar-refractivity contribution in [2.45, 2.75) is 25.9 Å². The van der Waals surface area contributed by atoms with Gasteiger partial charge in [0.15, 0.2) is 11.5 Å². The molecule has 0 saturated carbocycles. The molecule has 0 radical (unpaired) electrons. The number of fused-ring (bicyclic) bond motifs is 2. The van der Waals surface area contributed by atoms with Crippen molar-refractivity contribution < 1.29 is 14.2 Å². The lowest BCUT2D eigenvalue weighted by Gasteiger charge is -2.26. The van der Waals surface area contributed by atoms with Gasteiger partial charge in [0.2, 0.25) is 0 Å². The summed E-state index contributed by atoms with van der Waals surface area (Å²) >= 11 is 0. The Bertz CT molecular complexity index is 1310. The maximum Gasteiger partial charge on any atom is 0.182 e. The van der Waals surface area contributed by atoms with Crippen LogP contribution < -0.4 is 20.7 Å². The van der Waals surface area contributed by atoms with E-state index in [1.165, 1.54) is 10.9 Å². The summed E-state index contributed by atoms with van der Waals surface area (Å²) in [6.45, 7) is 8.22. The number of H-pyrrole nitrogens is 1. The Hall–Kier alpha value is -3.31. The first-order chi connectivity index (χ1) is 18.7. The zero-order chi connectivity index (χ0) is 26.2. The molecule has 1 aliphatic rings. The predicted molar refractivity (Wildman–Crippen MR) is 148 cm³/mol. The van der Waals surface area contributed by atoms with E-state index in [-0.39, 0.29) is 6.04 Å². The Labute approximate surface area is 222 Å². The zero-order valence-electron chi connectivity index (χ0n) is 21.9. The number of nitrogens with zero attached hydrogens (tertiary/aromatic N) is 4. The number of nitrogens with two attached hydrogens (primary N) is 1. The van der Waals surface area contributed by atoms with Crippen molar-refractivity contribution in [3.05, 3.63) is 54.6 Å². The van der Waals surface area contributed by atoms with Crippen LogP contribution in [0, 0.1) is 5.92 Å². The Morgan fingerprint density at radius 3 is 2.74 bits per heavy atom. The third kappa shape index (κ3) is 6.21. The zero-order valence-corrected chi connectivity index (χ0v) is 21.9. The van der Waals surface area contributed by atoms with E-state index in [4.69, 9.17) is 19.9 Å². The van der Waals surface area contributed by atoms with E-state index in [9.17, 15) is 0 Å². The van der Waals surface area contributed by atoms with Crippen LogP contribution in [0.2, 0.25) is 0 Å².